The van der Waals surface area contributed by atoms with Crippen LogP contribution in [-0.4, -0.2) is 64.3 Å². The van der Waals surface area contributed by atoms with E-state index in [4.69, 9.17) is 11.5 Å². The van der Waals surface area contributed by atoms with E-state index in [1.807, 2.05) is 60.7 Å². The highest BCUT2D eigenvalue weighted by molar-refractivity contribution is 5.95. The molecular weight excluding hydrogens is 570 g/mol. The standard InChI is InChI=1S/C35H43N5O5/c36-28(22-26-17-19-27(41)20-18-26)35(45)40-21-9-16-31(40)34(44)39-30(23-25-13-5-2-6-14-25)33(43)38-29(32(37)42)15-8-7-12-24-10-3-1-4-11-24/h1-6,10-11,13-14,17-20,28-31,41H,7-9,12,15-16,21-23,36H2,(H2,37,42)(H,38,43)(H,39,44)/t28-,29?,30-,31-/m0/s1. The van der Waals surface area contributed by atoms with Gasteiger partial charge in [0.05, 0.1) is 6.04 Å². The van der Waals surface area contributed by atoms with Crippen LogP contribution in [0.2, 0.25) is 0 Å². The molecular formula is C35H43N5O5. The van der Waals surface area contributed by atoms with Gasteiger partial charge in [-0.15, -0.1) is 0 Å². The summed E-state index contributed by atoms with van der Waals surface area (Å²) in [5, 5.41) is 15.2. The molecule has 0 spiro atoms. The lowest BCUT2D eigenvalue weighted by molar-refractivity contribution is -0.140. The molecule has 10 heteroatoms. The third-order valence-corrected chi connectivity index (χ3v) is 8.17. The molecule has 4 amide bonds. The Balaban J connectivity index is 1.39. The van der Waals surface area contributed by atoms with E-state index in [1.165, 1.54) is 22.6 Å². The Bertz CT molecular complexity index is 1420. The van der Waals surface area contributed by atoms with E-state index in [0.717, 1.165) is 24.0 Å². The van der Waals surface area contributed by atoms with Gasteiger partial charge in [-0.2, -0.15) is 0 Å². The summed E-state index contributed by atoms with van der Waals surface area (Å²) in [5.74, 6) is -1.84. The molecule has 0 bridgehead atoms. The molecule has 1 aliphatic rings. The number of aryl methyl sites for hydroxylation is 1. The normalized spacial score (nSPS) is 16.4. The van der Waals surface area contributed by atoms with E-state index in [2.05, 4.69) is 10.6 Å². The largest absolute Gasteiger partial charge is 0.508 e. The first-order chi connectivity index (χ1) is 21.7. The maximum absolute atomic E-state index is 13.6. The molecule has 0 aromatic heterocycles. The summed E-state index contributed by atoms with van der Waals surface area (Å²) >= 11 is 0. The van der Waals surface area contributed by atoms with Gasteiger partial charge in [0.2, 0.25) is 23.6 Å². The lowest BCUT2D eigenvalue weighted by Gasteiger charge is -2.29. The predicted molar refractivity (Wildman–Crippen MR) is 172 cm³/mol. The van der Waals surface area contributed by atoms with Gasteiger partial charge in [-0.3, -0.25) is 19.2 Å². The Kier molecular flexibility index (Phi) is 12.1. The van der Waals surface area contributed by atoms with Crippen molar-refractivity contribution in [3.8, 4) is 5.75 Å². The number of nitrogens with one attached hydrogen (secondary N) is 2. The zero-order valence-electron chi connectivity index (χ0n) is 25.4. The lowest BCUT2D eigenvalue weighted by Crippen LogP contribution is -2.57. The van der Waals surface area contributed by atoms with Crippen LogP contribution in [-0.2, 0) is 38.4 Å². The average Bonchev–Trinajstić information content (AvgIpc) is 3.54. The molecule has 4 rings (SSSR count). The predicted octanol–water partition coefficient (Wildman–Crippen LogP) is 2.36. The quantitative estimate of drug-likeness (QED) is 0.165. The van der Waals surface area contributed by atoms with Crippen LogP contribution in [0, 0.1) is 0 Å². The molecule has 10 nitrogen and oxygen atoms in total. The third-order valence-electron chi connectivity index (χ3n) is 8.17. The van der Waals surface area contributed by atoms with Gasteiger partial charge in [-0.1, -0.05) is 79.2 Å². The van der Waals surface area contributed by atoms with Crippen LogP contribution >= 0.6 is 0 Å². The van der Waals surface area contributed by atoms with E-state index in [1.54, 1.807) is 12.1 Å². The molecule has 3 aromatic rings. The number of aromatic hydroxyl groups is 1. The molecule has 45 heavy (non-hydrogen) atoms. The summed E-state index contributed by atoms with van der Waals surface area (Å²) in [6, 6.07) is 22.2. The summed E-state index contributed by atoms with van der Waals surface area (Å²) in [5.41, 5.74) is 14.7. The van der Waals surface area contributed by atoms with Crippen molar-refractivity contribution in [2.45, 2.75) is 75.5 Å². The second-order valence-electron chi connectivity index (χ2n) is 11.6. The summed E-state index contributed by atoms with van der Waals surface area (Å²) in [6.07, 6.45) is 4.25. The van der Waals surface area contributed by atoms with E-state index in [-0.39, 0.29) is 24.5 Å². The number of nitrogens with two attached hydrogens (primary N) is 2. The number of primary amides is 1. The molecule has 3 aromatic carbocycles. The van der Waals surface area contributed by atoms with Gasteiger partial charge in [0.25, 0.3) is 0 Å². The molecule has 7 N–H and O–H groups in total. The first-order valence-corrected chi connectivity index (χ1v) is 15.5. The van der Waals surface area contributed by atoms with E-state index >= 15 is 0 Å². The van der Waals surface area contributed by atoms with Gasteiger partial charge >= 0.3 is 0 Å². The fraction of sp³-hybridized carbons (Fsp3) is 0.371. The maximum atomic E-state index is 13.6. The minimum Gasteiger partial charge on any atom is -0.508 e. The van der Waals surface area contributed by atoms with Gasteiger partial charge in [-0.25, -0.2) is 0 Å². The number of unbranched alkanes of at least 4 members (excludes halogenated alkanes) is 1. The first kappa shape index (κ1) is 33.2. The number of likely N-dealkylation sites (tertiary alicyclic amines) is 1. The maximum Gasteiger partial charge on any atom is 0.243 e. The molecule has 1 saturated heterocycles. The number of carbonyl (C=O) groups excluding carboxylic acids is 4. The minimum atomic E-state index is -0.991. The van der Waals surface area contributed by atoms with Gasteiger partial charge in [0, 0.05) is 13.0 Å². The molecule has 1 aliphatic heterocycles. The smallest absolute Gasteiger partial charge is 0.243 e. The topological polar surface area (TPSA) is 168 Å². The van der Waals surface area contributed by atoms with Gasteiger partial charge < -0.3 is 32.1 Å². The monoisotopic (exact) mass is 613 g/mol. The van der Waals surface area contributed by atoms with Crippen molar-refractivity contribution in [2.24, 2.45) is 11.5 Å². The van der Waals surface area contributed by atoms with Crippen LogP contribution in [0.25, 0.3) is 0 Å². The van der Waals surface area contributed by atoms with E-state index in [0.29, 0.717) is 32.2 Å². The van der Waals surface area contributed by atoms with Crippen molar-refractivity contribution in [3.05, 3.63) is 102 Å². The molecule has 0 saturated carbocycles. The highest BCUT2D eigenvalue weighted by atomic mass is 16.3. The summed E-state index contributed by atoms with van der Waals surface area (Å²) < 4.78 is 0. The second-order valence-corrected chi connectivity index (χ2v) is 11.6. The summed E-state index contributed by atoms with van der Waals surface area (Å²) in [7, 11) is 0. The number of hydrogen-bond donors (Lipinski definition) is 5. The number of phenols is 1. The molecule has 0 radical (unpaired) electrons. The van der Waals surface area contributed by atoms with Crippen molar-refractivity contribution in [3.63, 3.8) is 0 Å². The van der Waals surface area contributed by atoms with Gasteiger partial charge in [0.1, 0.15) is 23.9 Å². The third kappa shape index (κ3) is 9.90. The molecule has 1 fully saturated rings. The van der Waals surface area contributed by atoms with Crippen LogP contribution in [0.5, 0.6) is 5.75 Å². The Morgan fingerprint density at radius 2 is 1.42 bits per heavy atom. The summed E-state index contributed by atoms with van der Waals surface area (Å²) in [6.45, 7) is 0.377. The number of phenolic OH excluding ortho intramolecular Hbond substituents is 1. The van der Waals surface area contributed by atoms with Crippen LogP contribution in [0.1, 0.15) is 48.8 Å². The fourth-order valence-electron chi connectivity index (χ4n) is 5.70. The number of rotatable bonds is 15. The van der Waals surface area contributed by atoms with Crippen molar-refractivity contribution < 1.29 is 24.3 Å². The van der Waals surface area contributed by atoms with E-state index in [9.17, 15) is 24.3 Å². The molecule has 4 atom stereocenters. The van der Waals surface area contributed by atoms with Crippen LogP contribution < -0.4 is 22.1 Å². The zero-order valence-corrected chi connectivity index (χ0v) is 25.4. The Labute approximate surface area is 264 Å². The Morgan fingerprint density at radius 1 is 0.800 bits per heavy atom. The van der Waals surface area contributed by atoms with Crippen molar-refractivity contribution in [2.75, 3.05) is 6.54 Å². The van der Waals surface area contributed by atoms with Crippen LogP contribution in [0.4, 0.5) is 0 Å². The molecule has 1 heterocycles. The number of nitrogens with zero attached hydrogens (tertiary/aromatic N) is 1. The van der Waals surface area contributed by atoms with Crippen LogP contribution in [0.3, 0.4) is 0 Å². The van der Waals surface area contributed by atoms with Gasteiger partial charge in [-0.05, 0) is 67.3 Å². The highest BCUT2D eigenvalue weighted by Crippen LogP contribution is 2.20. The van der Waals surface area contributed by atoms with Crippen molar-refractivity contribution in [1.82, 2.24) is 15.5 Å². The van der Waals surface area contributed by atoms with Crippen LogP contribution in [0.15, 0.2) is 84.9 Å². The van der Waals surface area contributed by atoms with Gasteiger partial charge in [0.15, 0.2) is 0 Å². The Morgan fingerprint density at radius 3 is 2.07 bits per heavy atom. The fourth-order valence-corrected chi connectivity index (χ4v) is 5.70. The molecule has 238 valence electrons. The number of carbonyl (C=O) groups is 4. The minimum absolute atomic E-state index is 0.120. The number of hydrogen-bond acceptors (Lipinski definition) is 6. The average molecular weight is 614 g/mol. The van der Waals surface area contributed by atoms with Crippen molar-refractivity contribution >= 4 is 23.6 Å². The first-order valence-electron chi connectivity index (χ1n) is 15.5. The summed E-state index contributed by atoms with van der Waals surface area (Å²) in [4.78, 5) is 54.3. The molecule has 1 unspecified atom stereocenters. The lowest BCUT2D eigenvalue weighted by atomic mass is 10.0. The number of amides is 4. The highest BCUT2D eigenvalue weighted by Gasteiger charge is 2.38. The number of benzene rings is 3. The van der Waals surface area contributed by atoms with E-state index < -0.39 is 41.9 Å². The molecule has 0 aliphatic carbocycles. The van der Waals surface area contributed by atoms with Crippen molar-refractivity contribution in [1.29, 1.82) is 0 Å². The SMILES string of the molecule is NC(=O)C(CCCCc1ccccc1)NC(=O)[C@H](Cc1ccccc1)NC(=O)[C@@H]1CCCN1C(=O)[C@@H](N)Cc1ccc(O)cc1. The Hall–Kier alpha value is -4.70. The zero-order chi connectivity index (χ0) is 32.2. The second kappa shape index (κ2) is 16.4.